The van der Waals surface area contributed by atoms with Gasteiger partial charge in [-0.25, -0.2) is 4.39 Å². The molecule has 16 heavy (non-hydrogen) atoms. The highest BCUT2D eigenvalue weighted by atomic mass is 19.1. The summed E-state index contributed by atoms with van der Waals surface area (Å²) in [5.41, 5.74) is 2.79. The largest absolute Gasteiger partial charge is 0.206 e. The first-order valence-corrected chi connectivity index (χ1v) is 4.97. The molecule has 2 aromatic rings. The molecular formula is C14H10FN. The Kier molecular flexibility index (Phi) is 2.70. The Hall–Kier alpha value is -2.14. The fourth-order valence-corrected chi connectivity index (χ4v) is 1.70. The maximum atomic E-state index is 13.6. The van der Waals surface area contributed by atoms with E-state index in [1.807, 2.05) is 13.0 Å². The van der Waals surface area contributed by atoms with Gasteiger partial charge in [0, 0.05) is 5.56 Å². The molecule has 0 spiro atoms. The molecule has 0 fully saturated rings. The highest BCUT2D eigenvalue weighted by Gasteiger charge is 2.05. The maximum Gasteiger partial charge on any atom is 0.131 e. The molecule has 0 unspecified atom stereocenters. The predicted molar refractivity (Wildman–Crippen MR) is 61.3 cm³/mol. The third-order valence-electron chi connectivity index (χ3n) is 2.39. The Balaban J connectivity index is 2.61. The van der Waals surface area contributed by atoms with Gasteiger partial charge in [0.1, 0.15) is 5.82 Å². The van der Waals surface area contributed by atoms with Crippen LogP contribution in [0.2, 0.25) is 0 Å². The summed E-state index contributed by atoms with van der Waals surface area (Å²) in [4.78, 5) is 0. The summed E-state index contributed by atoms with van der Waals surface area (Å²) >= 11 is 0. The average molecular weight is 211 g/mol. The molecule has 1 nitrogen and oxygen atoms in total. The Labute approximate surface area is 93.8 Å². The van der Waals surface area contributed by atoms with Gasteiger partial charge in [0.25, 0.3) is 0 Å². The van der Waals surface area contributed by atoms with Crippen LogP contribution in [0.4, 0.5) is 4.39 Å². The molecule has 2 rings (SSSR count). The van der Waals surface area contributed by atoms with E-state index in [9.17, 15) is 4.39 Å². The van der Waals surface area contributed by atoms with Crippen molar-refractivity contribution in [2.45, 2.75) is 6.92 Å². The van der Waals surface area contributed by atoms with Gasteiger partial charge in [-0.3, -0.25) is 0 Å². The third-order valence-corrected chi connectivity index (χ3v) is 2.39. The van der Waals surface area contributed by atoms with Gasteiger partial charge in [0.2, 0.25) is 0 Å². The lowest BCUT2D eigenvalue weighted by atomic mass is 10.0. The predicted octanol–water partition coefficient (Wildman–Crippen LogP) is 3.67. The molecule has 0 radical (unpaired) electrons. The van der Waals surface area contributed by atoms with Crippen LogP contribution in [0.25, 0.3) is 11.1 Å². The Morgan fingerprint density at radius 3 is 2.56 bits per heavy atom. The lowest BCUT2D eigenvalue weighted by molar-refractivity contribution is 0.631. The molecule has 0 saturated carbocycles. The summed E-state index contributed by atoms with van der Waals surface area (Å²) in [5, 5.41) is 8.86. The second-order valence-corrected chi connectivity index (χ2v) is 3.68. The second-order valence-electron chi connectivity index (χ2n) is 3.68. The van der Waals surface area contributed by atoms with Gasteiger partial charge < -0.3 is 0 Å². The number of nitriles is 1. The van der Waals surface area contributed by atoms with Crippen molar-refractivity contribution >= 4 is 0 Å². The van der Waals surface area contributed by atoms with Crippen LogP contribution in [0, 0.1) is 24.1 Å². The van der Waals surface area contributed by atoms with E-state index in [1.54, 1.807) is 30.3 Å². The summed E-state index contributed by atoms with van der Waals surface area (Å²) in [6.45, 7) is 1.89. The van der Waals surface area contributed by atoms with E-state index in [2.05, 4.69) is 6.07 Å². The number of halogens is 1. The van der Waals surface area contributed by atoms with Gasteiger partial charge in [-0.05, 0) is 36.2 Å². The summed E-state index contributed by atoms with van der Waals surface area (Å²) in [5.74, 6) is -0.267. The summed E-state index contributed by atoms with van der Waals surface area (Å²) < 4.78 is 13.6. The number of aryl methyl sites for hydroxylation is 1. The quantitative estimate of drug-likeness (QED) is 0.706. The minimum Gasteiger partial charge on any atom is -0.206 e. The monoisotopic (exact) mass is 211 g/mol. The minimum absolute atomic E-state index is 0.267. The number of nitrogens with zero attached hydrogens (tertiary/aromatic N) is 1. The summed E-state index contributed by atoms with van der Waals surface area (Å²) in [7, 11) is 0. The average Bonchev–Trinajstić information content (AvgIpc) is 2.28. The second kappa shape index (κ2) is 4.16. The molecule has 0 saturated heterocycles. The maximum absolute atomic E-state index is 13.6. The van der Waals surface area contributed by atoms with Crippen LogP contribution in [0.5, 0.6) is 0 Å². The standard InChI is InChI=1S/C14H10FN/c1-10-6-11(9-16)8-12(7-10)13-4-2-3-5-14(13)15/h2-8H,1H3. The SMILES string of the molecule is Cc1cc(C#N)cc(-c2ccccc2F)c1. The molecule has 0 N–H and O–H groups in total. The lowest BCUT2D eigenvalue weighted by Crippen LogP contribution is -1.86. The zero-order valence-corrected chi connectivity index (χ0v) is 8.87. The van der Waals surface area contributed by atoms with Gasteiger partial charge in [0.05, 0.1) is 11.6 Å². The zero-order valence-electron chi connectivity index (χ0n) is 8.87. The van der Waals surface area contributed by atoms with Gasteiger partial charge in [-0.1, -0.05) is 24.3 Å². The van der Waals surface area contributed by atoms with Gasteiger partial charge in [-0.15, -0.1) is 0 Å². The molecule has 0 aliphatic rings. The van der Waals surface area contributed by atoms with E-state index >= 15 is 0 Å². The fraction of sp³-hybridized carbons (Fsp3) is 0.0714. The van der Waals surface area contributed by atoms with Crippen molar-refractivity contribution in [2.24, 2.45) is 0 Å². The van der Waals surface area contributed by atoms with E-state index in [1.165, 1.54) is 6.07 Å². The van der Waals surface area contributed by atoms with Crippen molar-refractivity contribution in [1.82, 2.24) is 0 Å². The van der Waals surface area contributed by atoms with Crippen LogP contribution in [0.15, 0.2) is 42.5 Å². The van der Waals surface area contributed by atoms with E-state index < -0.39 is 0 Å². The van der Waals surface area contributed by atoms with E-state index in [4.69, 9.17) is 5.26 Å². The van der Waals surface area contributed by atoms with E-state index in [-0.39, 0.29) is 5.82 Å². The Morgan fingerprint density at radius 2 is 1.88 bits per heavy atom. The summed E-state index contributed by atoms with van der Waals surface area (Å²) in [6, 6.07) is 14.0. The zero-order chi connectivity index (χ0) is 11.5. The number of rotatable bonds is 1. The Bertz CT molecular complexity index is 567. The van der Waals surface area contributed by atoms with Crippen LogP contribution in [-0.2, 0) is 0 Å². The molecule has 2 aromatic carbocycles. The number of hydrogen-bond donors (Lipinski definition) is 0. The molecule has 0 aromatic heterocycles. The van der Waals surface area contributed by atoms with Gasteiger partial charge >= 0.3 is 0 Å². The van der Waals surface area contributed by atoms with Crippen LogP contribution < -0.4 is 0 Å². The molecule has 0 aliphatic carbocycles. The molecular weight excluding hydrogens is 201 g/mol. The summed E-state index contributed by atoms with van der Waals surface area (Å²) in [6.07, 6.45) is 0. The van der Waals surface area contributed by atoms with Crippen LogP contribution in [-0.4, -0.2) is 0 Å². The van der Waals surface area contributed by atoms with E-state index in [0.717, 1.165) is 11.1 Å². The first-order valence-electron chi connectivity index (χ1n) is 4.97. The van der Waals surface area contributed by atoms with Gasteiger partial charge in [-0.2, -0.15) is 5.26 Å². The number of hydrogen-bond acceptors (Lipinski definition) is 1. The Morgan fingerprint density at radius 1 is 1.12 bits per heavy atom. The number of benzene rings is 2. The smallest absolute Gasteiger partial charge is 0.131 e. The normalized spacial score (nSPS) is 9.81. The minimum atomic E-state index is -0.267. The molecule has 0 amide bonds. The van der Waals surface area contributed by atoms with Crippen LogP contribution in [0.3, 0.4) is 0 Å². The molecule has 0 aliphatic heterocycles. The van der Waals surface area contributed by atoms with Crippen molar-refractivity contribution in [3.8, 4) is 17.2 Å². The van der Waals surface area contributed by atoms with Crippen molar-refractivity contribution in [3.63, 3.8) is 0 Å². The van der Waals surface area contributed by atoms with Crippen LogP contribution >= 0.6 is 0 Å². The highest BCUT2D eigenvalue weighted by Crippen LogP contribution is 2.24. The third kappa shape index (κ3) is 1.94. The molecule has 0 bridgehead atoms. The van der Waals surface area contributed by atoms with Crippen molar-refractivity contribution in [2.75, 3.05) is 0 Å². The highest BCUT2D eigenvalue weighted by molar-refractivity contribution is 5.66. The van der Waals surface area contributed by atoms with Gasteiger partial charge in [0.15, 0.2) is 0 Å². The molecule has 78 valence electrons. The van der Waals surface area contributed by atoms with E-state index in [0.29, 0.717) is 11.1 Å². The lowest BCUT2D eigenvalue weighted by Gasteiger charge is -2.05. The van der Waals surface area contributed by atoms with Crippen LogP contribution in [0.1, 0.15) is 11.1 Å². The van der Waals surface area contributed by atoms with Crippen molar-refractivity contribution in [3.05, 3.63) is 59.4 Å². The molecule has 0 heterocycles. The first kappa shape index (κ1) is 10.4. The topological polar surface area (TPSA) is 23.8 Å². The van der Waals surface area contributed by atoms with Crippen molar-refractivity contribution in [1.29, 1.82) is 5.26 Å². The first-order chi connectivity index (χ1) is 7.70. The molecule has 2 heteroatoms. The van der Waals surface area contributed by atoms with Crippen molar-refractivity contribution < 1.29 is 4.39 Å². The molecule has 0 atom stereocenters. The fourth-order valence-electron chi connectivity index (χ4n) is 1.70.